The van der Waals surface area contributed by atoms with Crippen LogP contribution in [0.1, 0.15) is 69.9 Å². The van der Waals surface area contributed by atoms with Crippen LogP contribution in [0.3, 0.4) is 0 Å². The Labute approximate surface area is 187 Å². The summed E-state index contributed by atoms with van der Waals surface area (Å²) in [6, 6.07) is 12.2. The van der Waals surface area contributed by atoms with Gasteiger partial charge in [-0.2, -0.15) is 0 Å². The fourth-order valence-corrected chi connectivity index (χ4v) is 5.99. The maximum Gasteiger partial charge on any atom is 0.254 e. The van der Waals surface area contributed by atoms with E-state index in [-0.39, 0.29) is 17.9 Å². The van der Waals surface area contributed by atoms with Gasteiger partial charge in [0.15, 0.2) is 0 Å². The SMILES string of the molecule is O=C(c1ccc2c(c1)CC[C@@H]1[C@H]2CCCN1C(=O)c1ccc2nc[nH]c2c1)N1CCCC1. The Morgan fingerprint density at radius 2 is 1.72 bits per heavy atom. The number of amides is 2. The van der Waals surface area contributed by atoms with Crippen LogP contribution in [0, 0.1) is 0 Å². The number of likely N-dealkylation sites (tertiary alicyclic amines) is 2. The smallest absolute Gasteiger partial charge is 0.254 e. The number of rotatable bonds is 2. The summed E-state index contributed by atoms with van der Waals surface area (Å²) in [5.74, 6) is 0.630. The lowest BCUT2D eigenvalue weighted by atomic mass is 9.73. The standard InChI is InChI=1S/C26H28N4O2/c31-25(29-11-1-2-12-29)18-5-8-20-17(14-18)7-10-24-21(20)4-3-13-30(24)26(32)19-6-9-22-23(15-19)28-16-27-22/h5-6,8-9,14-16,21,24H,1-4,7,10-13H2,(H,27,28)/t21-,24+/m0/s1. The molecule has 2 saturated heterocycles. The molecule has 2 atom stereocenters. The Morgan fingerprint density at radius 3 is 2.59 bits per heavy atom. The number of fused-ring (bicyclic) bond motifs is 4. The summed E-state index contributed by atoms with van der Waals surface area (Å²) in [7, 11) is 0. The van der Waals surface area contributed by atoms with Crippen LogP contribution in [0.15, 0.2) is 42.7 Å². The molecule has 3 aliphatic rings. The molecule has 32 heavy (non-hydrogen) atoms. The third-order valence-corrected chi connectivity index (χ3v) is 7.60. The number of aryl methyl sites for hydroxylation is 1. The topological polar surface area (TPSA) is 69.3 Å². The first kappa shape index (κ1) is 19.5. The van der Waals surface area contributed by atoms with Crippen molar-refractivity contribution in [1.29, 1.82) is 0 Å². The lowest BCUT2D eigenvalue weighted by Crippen LogP contribution is -2.49. The Bertz CT molecular complexity index is 1190. The van der Waals surface area contributed by atoms with Gasteiger partial charge in [0.25, 0.3) is 11.8 Å². The summed E-state index contributed by atoms with van der Waals surface area (Å²) in [6.07, 6.45) is 7.86. The molecular weight excluding hydrogens is 400 g/mol. The number of nitrogens with one attached hydrogen (secondary N) is 1. The summed E-state index contributed by atoms with van der Waals surface area (Å²) in [4.78, 5) is 37.8. The number of hydrogen-bond acceptors (Lipinski definition) is 3. The van der Waals surface area contributed by atoms with Crippen molar-refractivity contribution in [3.05, 3.63) is 65.0 Å². The van der Waals surface area contributed by atoms with E-state index in [0.717, 1.165) is 80.3 Å². The maximum atomic E-state index is 13.5. The highest BCUT2D eigenvalue weighted by Gasteiger charge is 2.39. The van der Waals surface area contributed by atoms with Crippen molar-refractivity contribution in [3.63, 3.8) is 0 Å². The molecular formula is C26H28N4O2. The molecule has 2 fully saturated rings. The number of benzene rings is 2. The van der Waals surface area contributed by atoms with Gasteiger partial charge in [0, 0.05) is 42.7 Å². The fraction of sp³-hybridized carbons (Fsp3) is 0.423. The van der Waals surface area contributed by atoms with Crippen LogP contribution in [0.2, 0.25) is 0 Å². The van der Waals surface area contributed by atoms with Gasteiger partial charge in [-0.15, -0.1) is 0 Å². The molecule has 0 spiro atoms. The van der Waals surface area contributed by atoms with Gasteiger partial charge in [-0.25, -0.2) is 4.98 Å². The van der Waals surface area contributed by atoms with E-state index < -0.39 is 0 Å². The first-order chi connectivity index (χ1) is 15.7. The van der Waals surface area contributed by atoms with Gasteiger partial charge in [-0.1, -0.05) is 6.07 Å². The molecule has 2 aliphatic heterocycles. The van der Waals surface area contributed by atoms with Crippen molar-refractivity contribution >= 4 is 22.8 Å². The summed E-state index contributed by atoms with van der Waals surface area (Å²) in [5.41, 5.74) is 5.95. The van der Waals surface area contributed by atoms with Gasteiger partial charge in [0.1, 0.15) is 0 Å². The van der Waals surface area contributed by atoms with E-state index in [4.69, 9.17) is 0 Å². The summed E-state index contributed by atoms with van der Waals surface area (Å²) in [6.45, 7) is 2.56. The minimum atomic E-state index is 0.112. The van der Waals surface area contributed by atoms with Gasteiger partial charge in [-0.05, 0) is 80.0 Å². The van der Waals surface area contributed by atoms with E-state index in [1.54, 1.807) is 6.33 Å². The third kappa shape index (κ3) is 3.20. The van der Waals surface area contributed by atoms with Crippen molar-refractivity contribution in [3.8, 4) is 0 Å². The molecule has 0 bridgehead atoms. The Balaban J connectivity index is 1.26. The van der Waals surface area contributed by atoms with Crippen LogP contribution < -0.4 is 0 Å². The summed E-state index contributed by atoms with van der Waals surface area (Å²) >= 11 is 0. The second-order valence-electron chi connectivity index (χ2n) is 9.40. The lowest BCUT2D eigenvalue weighted by Gasteiger charge is -2.45. The van der Waals surface area contributed by atoms with Crippen molar-refractivity contribution in [2.75, 3.05) is 19.6 Å². The molecule has 2 aromatic carbocycles. The Hall–Kier alpha value is -3.15. The number of aromatic amines is 1. The minimum absolute atomic E-state index is 0.112. The van der Waals surface area contributed by atoms with Crippen molar-refractivity contribution in [2.24, 2.45) is 0 Å². The van der Waals surface area contributed by atoms with E-state index in [0.29, 0.717) is 5.92 Å². The average molecular weight is 429 g/mol. The van der Waals surface area contributed by atoms with Gasteiger partial charge in [0.2, 0.25) is 0 Å². The maximum absolute atomic E-state index is 13.5. The molecule has 0 unspecified atom stereocenters. The monoisotopic (exact) mass is 428 g/mol. The molecule has 2 amide bonds. The number of H-pyrrole nitrogens is 1. The number of carbonyl (C=O) groups is 2. The second-order valence-corrected chi connectivity index (χ2v) is 9.40. The molecule has 1 aliphatic carbocycles. The molecule has 0 saturated carbocycles. The second kappa shape index (κ2) is 7.76. The van der Waals surface area contributed by atoms with Crippen molar-refractivity contribution < 1.29 is 9.59 Å². The molecule has 3 heterocycles. The number of nitrogens with zero attached hydrogens (tertiary/aromatic N) is 3. The van der Waals surface area contributed by atoms with Crippen molar-refractivity contribution in [2.45, 2.75) is 50.5 Å². The summed E-state index contributed by atoms with van der Waals surface area (Å²) < 4.78 is 0. The van der Waals surface area contributed by atoms with E-state index in [2.05, 4.69) is 27.0 Å². The predicted molar refractivity (Wildman–Crippen MR) is 123 cm³/mol. The zero-order valence-electron chi connectivity index (χ0n) is 18.2. The van der Waals surface area contributed by atoms with Crippen LogP contribution in [0.5, 0.6) is 0 Å². The van der Waals surface area contributed by atoms with Gasteiger partial charge >= 0.3 is 0 Å². The van der Waals surface area contributed by atoms with E-state index in [1.165, 1.54) is 11.1 Å². The normalized spacial score (nSPS) is 22.6. The van der Waals surface area contributed by atoms with Gasteiger partial charge < -0.3 is 14.8 Å². The van der Waals surface area contributed by atoms with Gasteiger partial charge in [-0.3, -0.25) is 9.59 Å². The molecule has 1 aromatic heterocycles. The minimum Gasteiger partial charge on any atom is -0.345 e. The molecule has 164 valence electrons. The van der Waals surface area contributed by atoms with Gasteiger partial charge in [0.05, 0.1) is 17.4 Å². The number of piperidine rings is 1. The highest BCUT2D eigenvalue weighted by atomic mass is 16.2. The van der Waals surface area contributed by atoms with E-state index in [9.17, 15) is 9.59 Å². The molecule has 0 radical (unpaired) electrons. The number of carbonyl (C=O) groups excluding carboxylic acids is 2. The predicted octanol–water partition coefficient (Wildman–Crippen LogP) is 4.13. The fourth-order valence-electron chi connectivity index (χ4n) is 5.99. The largest absolute Gasteiger partial charge is 0.345 e. The molecule has 3 aromatic rings. The van der Waals surface area contributed by atoms with Crippen LogP contribution in [0.4, 0.5) is 0 Å². The van der Waals surface area contributed by atoms with Crippen LogP contribution >= 0.6 is 0 Å². The zero-order chi connectivity index (χ0) is 21.7. The molecule has 6 heteroatoms. The van der Waals surface area contributed by atoms with Crippen molar-refractivity contribution in [1.82, 2.24) is 19.8 Å². The first-order valence-corrected chi connectivity index (χ1v) is 11.9. The Morgan fingerprint density at radius 1 is 0.906 bits per heavy atom. The Kier molecular flexibility index (Phi) is 4.74. The third-order valence-electron chi connectivity index (χ3n) is 7.60. The van der Waals surface area contributed by atoms with Crippen LogP contribution in [-0.2, 0) is 6.42 Å². The summed E-state index contributed by atoms with van der Waals surface area (Å²) in [5, 5.41) is 0. The highest BCUT2D eigenvalue weighted by molar-refractivity contribution is 5.98. The first-order valence-electron chi connectivity index (χ1n) is 11.9. The van der Waals surface area contributed by atoms with Crippen LogP contribution in [0.25, 0.3) is 11.0 Å². The van der Waals surface area contributed by atoms with E-state index in [1.807, 2.05) is 29.2 Å². The molecule has 1 N–H and O–H groups in total. The lowest BCUT2D eigenvalue weighted by molar-refractivity contribution is 0.0547. The number of imidazole rings is 1. The van der Waals surface area contributed by atoms with E-state index >= 15 is 0 Å². The van der Waals surface area contributed by atoms with Crippen LogP contribution in [-0.4, -0.2) is 57.3 Å². The average Bonchev–Trinajstić information content (AvgIpc) is 3.54. The zero-order valence-corrected chi connectivity index (χ0v) is 18.2. The number of hydrogen-bond donors (Lipinski definition) is 1. The molecule has 6 nitrogen and oxygen atoms in total. The quantitative estimate of drug-likeness (QED) is 0.667. The highest BCUT2D eigenvalue weighted by Crippen LogP contribution is 2.41. The molecule has 6 rings (SSSR count). The number of aromatic nitrogens is 2.